The van der Waals surface area contributed by atoms with Gasteiger partial charge in [-0.25, -0.2) is 9.97 Å². The Bertz CT molecular complexity index is 1260. The Hall–Kier alpha value is -2.93. The Morgan fingerprint density at radius 2 is 1.90 bits per heavy atom. The van der Waals surface area contributed by atoms with Crippen LogP contribution in [0.4, 0.5) is 5.82 Å². The summed E-state index contributed by atoms with van der Waals surface area (Å²) in [6.07, 6.45) is 4.58. The number of nitrogen functional groups attached to an aromatic ring is 1. The number of fused-ring (bicyclic) bond motifs is 1. The average Bonchev–Trinajstić information content (AvgIpc) is 3.12. The Balaban J connectivity index is 1.61. The first-order chi connectivity index (χ1) is 14.9. The highest BCUT2D eigenvalue weighted by Gasteiger charge is 2.33. The zero-order valence-electron chi connectivity index (χ0n) is 17.0. The van der Waals surface area contributed by atoms with Crippen LogP contribution in [0.25, 0.3) is 16.8 Å². The fourth-order valence-electron chi connectivity index (χ4n) is 4.35. The normalized spacial score (nSPS) is 20.4. The Morgan fingerprint density at radius 1 is 1.16 bits per heavy atom. The molecule has 1 saturated carbocycles. The van der Waals surface area contributed by atoms with Crippen molar-refractivity contribution in [2.24, 2.45) is 0 Å². The molecular weight excluding hydrogens is 412 g/mol. The maximum atomic E-state index is 11.2. The van der Waals surface area contributed by atoms with Crippen molar-refractivity contribution >= 4 is 22.9 Å². The Kier molecular flexibility index (Phi) is 4.73. The molecular formula is C24H23ClN4O2. The topological polar surface area (TPSA) is 96.7 Å². The van der Waals surface area contributed by atoms with Crippen molar-refractivity contribution in [2.45, 2.75) is 37.4 Å². The van der Waals surface area contributed by atoms with Gasteiger partial charge in [-0.05, 0) is 31.4 Å². The third-order valence-electron chi connectivity index (χ3n) is 6.19. The summed E-state index contributed by atoms with van der Waals surface area (Å²) in [5.74, 6) is 1.42. The molecule has 4 aromatic rings. The summed E-state index contributed by atoms with van der Waals surface area (Å²) in [6.45, 7) is 1.73. The second-order valence-corrected chi connectivity index (χ2v) is 8.71. The van der Waals surface area contributed by atoms with Crippen molar-refractivity contribution in [1.82, 2.24) is 14.4 Å². The number of aliphatic hydroxyl groups excluding tert-OH is 1. The molecule has 1 fully saturated rings. The van der Waals surface area contributed by atoms with Gasteiger partial charge in [0.05, 0.1) is 6.10 Å². The lowest BCUT2D eigenvalue weighted by atomic mass is 9.82. The highest BCUT2D eigenvalue weighted by molar-refractivity contribution is 6.31. The number of aromatic nitrogens is 3. The van der Waals surface area contributed by atoms with Crippen LogP contribution in [0.2, 0.25) is 5.02 Å². The average molecular weight is 435 g/mol. The van der Waals surface area contributed by atoms with E-state index in [0.717, 1.165) is 22.5 Å². The SMILES string of the molecule is CC(O)(c1ccccc1)c1ccc(-c2nc(C3CC(O)C3)n3ccnc(N)c23)cc1Cl. The zero-order valence-corrected chi connectivity index (χ0v) is 17.8. The van der Waals surface area contributed by atoms with Gasteiger partial charge >= 0.3 is 0 Å². The number of hydrogen-bond donors (Lipinski definition) is 3. The first kappa shape index (κ1) is 20.0. The molecule has 0 aliphatic heterocycles. The maximum Gasteiger partial charge on any atom is 0.150 e. The number of nitrogens with two attached hydrogens (primary N) is 1. The van der Waals surface area contributed by atoms with Crippen LogP contribution in [0, 0.1) is 0 Å². The largest absolute Gasteiger partial charge is 0.393 e. The van der Waals surface area contributed by atoms with E-state index in [1.165, 1.54) is 0 Å². The number of rotatable bonds is 4. The highest BCUT2D eigenvalue weighted by Crippen LogP contribution is 2.41. The predicted octanol–water partition coefficient (Wildman–Crippen LogP) is 4.13. The summed E-state index contributed by atoms with van der Waals surface area (Å²) < 4.78 is 1.95. The molecule has 0 radical (unpaired) electrons. The van der Waals surface area contributed by atoms with E-state index in [-0.39, 0.29) is 12.0 Å². The number of nitrogens with zero attached hydrogens (tertiary/aromatic N) is 3. The Labute approximate surface area is 185 Å². The van der Waals surface area contributed by atoms with Gasteiger partial charge in [0.25, 0.3) is 0 Å². The quantitative estimate of drug-likeness (QED) is 0.448. The maximum absolute atomic E-state index is 11.2. The van der Waals surface area contributed by atoms with Crippen LogP contribution in [-0.4, -0.2) is 30.7 Å². The molecule has 1 aliphatic rings. The van der Waals surface area contributed by atoms with Gasteiger partial charge in [0.2, 0.25) is 0 Å². The number of imidazole rings is 1. The van der Waals surface area contributed by atoms with Crippen LogP contribution in [0.5, 0.6) is 0 Å². The number of hydrogen-bond acceptors (Lipinski definition) is 5. The van der Waals surface area contributed by atoms with Crippen LogP contribution >= 0.6 is 11.6 Å². The molecule has 2 aromatic heterocycles. The summed E-state index contributed by atoms with van der Waals surface area (Å²) in [5, 5.41) is 21.4. The van der Waals surface area contributed by atoms with Gasteiger partial charge in [0, 0.05) is 34.5 Å². The smallest absolute Gasteiger partial charge is 0.150 e. The zero-order chi connectivity index (χ0) is 21.8. The van der Waals surface area contributed by atoms with E-state index in [1.807, 2.05) is 59.1 Å². The minimum atomic E-state index is -1.24. The van der Waals surface area contributed by atoms with Crippen LogP contribution in [-0.2, 0) is 5.60 Å². The molecule has 158 valence electrons. The second-order valence-electron chi connectivity index (χ2n) is 8.30. The fourth-order valence-corrected chi connectivity index (χ4v) is 4.71. The predicted molar refractivity (Wildman–Crippen MR) is 121 cm³/mol. The lowest BCUT2D eigenvalue weighted by Crippen LogP contribution is -2.27. The summed E-state index contributed by atoms with van der Waals surface area (Å²) in [4.78, 5) is 9.12. The van der Waals surface area contributed by atoms with Crippen molar-refractivity contribution in [1.29, 1.82) is 0 Å². The van der Waals surface area contributed by atoms with Crippen molar-refractivity contribution in [3.05, 3.63) is 82.9 Å². The molecule has 0 amide bonds. The first-order valence-corrected chi connectivity index (χ1v) is 10.6. The van der Waals surface area contributed by atoms with Gasteiger partial charge in [-0.15, -0.1) is 0 Å². The minimum Gasteiger partial charge on any atom is -0.393 e. The molecule has 0 saturated heterocycles. The van der Waals surface area contributed by atoms with Crippen LogP contribution < -0.4 is 5.73 Å². The molecule has 31 heavy (non-hydrogen) atoms. The number of anilines is 1. The highest BCUT2D eigenvalue weighted by atomic mass is 35.5. The van der Waals surface area contributed by atoms with E-state index in [2.05, 4.69) is 4.98 Å². The van der Waals surface area contributed by atoms with Crippen molar-refractivity contribution < 1.29 is 10.2 Å². The standard InChI is InChI=1S/C24H23ClN4O2/c1-24(31,16-5-3-2-4-6-16)18-8-7-14(13-19(18)25)20-21-22(26)27-9-10-29(21)23(28-20)15-11-17(30)12-15/h2-10,13,15,17,30-31H,11-12H2,1H3,(H2,26,27). The van der Waals surface area contributed by atoms with E-state index < -0.39 is 5.60 Å². The molecule has 2 aromatic carbocycles. The number of aliphatic hydroxyl groups is 2. The lowest BCUT2D eigenvalue weighted by Gasteiger charge is -2.30. The van der Waals surface area contributed by atoms with Gasteiger partial charge in [-0.3, -0.25) is 4.40 Å². The van der Waals surface area contributed by atoms with E-state index in [9.17, 15) is 10.2 Å². The van der Waals surface area contributed by atoms with Crippen LogP contribution in [0.3, 0.4) is 0 Å². The van der Waals surface area contributed by atoms with Crippen molar-refractivity contribution in [2.75, 3.05) is 5.73 Å². The molecule has 1 atom stereocenters. The summed E-state index contributed by atoms with van der Waals surface area (Å²) in [6, 6.07) is 15.0. The van der Waals surface area contributed by atoms with Crippen LogP contribution in [0.15, 0.2) is 60.9 Å². The van der Waals surface area contributed by atoms with Gasteiger partial charge in [0.1, 0.15) is 28.5 Å². The molecule has 6 nitrogen and oxygen atoms in total. The number of halogens is 1. The van der Waals surface area contributed by atoms with Gasteiger partial charge in [-0.2, -0.15) is 0 Å². The van der Waals surface area contributed by atoms with E-state index in [4.69, 9.17) is 22.3 Å². The monoisotopic (exact) mass is 434 g/mol. The molecule has 5 rings (SSSR count). The van der Waals surface area contributed by atoms with Crippen LogP contribution in [0.1, 0.15) is 42.6 Å². The fraction of sp³-hybridized carbons (Fsp3) is 0.250. The van der Waals surface area contributed by atoms with Crippen molar-refractivity contribution in [3.8, 4) is 11.3 Å². The second kappa shape index (κ2) is 7.34. The van der Waals surface area contributed by atoms with Crippen molar-refractivity contribution in [3.63, 3.8) is 0 Å². The van der Waals surface area contributed by atoms with Gasteiger partial charge < -0.3 is 15.9 Å². The summed E-state index contributed by atoms with van der Waals surface area (Å²) in [5.41, 5.74) is 8.55. The van der Waals surface area contributed by atoms with E-state index >= 15 is 0 Å². The lowest BCUT2D eigenvalue weighted by molar-refractivity contribution is 0.0715. The minimum absolute atomic E-state index is 0.173. The van der Waals surface area contributed by atoms with Gasteiger partial charge in [-0.1, -0.05) is 54.1 Å². The Morgan fingerprint density at radius 3 is 2.58 bits per heavy atom. The molecule has 0 spiro atoms. The summed E-state index contributed by atoms with van der Waals surface area (Å²) in [7, 11) is 0. The first-order valence-electron chi connectivity index (χ1n) is 10.2. The molecule has 7 heteroatoms. The van der Waals surface area contributed by atoms with E-state index in [0.29, 0.717) is 34.9 Å². The van der Waals surface area contributed by atoms with Gasteiger partial charge in [0.15, 0.2) is 0 Å². The molecule has 1 aliphatic carbocycles. The van der Waals surface area contributed by atoms with E-state index in [1.54, 1.807) is 13.1 Å². The molecule has 4 N–H and O–H groups in total. The third-order valence-corrected chi connectivity index (χ3v) is 6.50. The molecule has 2 heterocycles. The molecule has 1 unspecified atom stereocenters. The molecule has 0 bridgehead atoms. The third kappa shape index (κ3) is 3.28. The number of benzene rings is 2. The summed E-state index contributed by atoms with van der Waals surface area (Å²) >= 11 is 6.66.